The molecule has 0 aromatic rings. The Labute approximate surface area is 202 Å². The lowest BCUT2D eigenvalue weighted by molar-refractivity contribution is -0.298. The van der Waals surface area contributed by atoms with Gasteiger partial charge in [-0.2, -0.15) is 0 Å². The van der Waals surface area contributed by atoms with Crippen LogP contribution in [-0.4, -0.2) is 87.3 Å². The third-order valence-electron chi connectivity index (χ3n) is 8.79. The Balaban J connectivity index is 1.60. The Morgan fingerprint density at radius 2 is 1.82 bits per heavy atom. The number of rotatable bonds is 8. The molecule has 0 aromatic heterocycles. The third-order valence-corrected chi connectivity index (χ3v) is 8.79. The summed E-state index contributed by atoms with van der Waals surface area (Å²) < 4.78 is 11.0. The van der Waals surface area contributed by atoms with Crippen LogP contribution < -0.4 is 0 Å². The lowest BCUT2D eigenvalue weighted by Crippen LogP contribution is -2.59. The smallest absolute Gasteiger partial charge is 0.187 e. The Bertz CT molecular complexity index is 738. The first kappa shape index (κ1) is 27.7. The molecule has 0 amide bonds. The first-order chi connectivity index (χ1) is 16.0. The Morgan fingerprint density at radius 1 is 1.12 bits per heavy atom. The van der Waals surface area contributed by atoms with Gasteiger partial charge >= 0.3 is 0 Å². The number of fused-ring (bicyclic) bond motifs is 1. The standard InChI is InChI=1S/C26H44O8/c1-15(9-10-33-24-23(32)22(31)21(30)19(13-27)34-24)5-7-18-16(2)6-8-20-25(3,14-28)11-17(29)12-26(18,20)4/h9,17-24,27-32H,2,5-8,10-14H2,1,3-4H3/b15-9+/t17-,18-,19-,20-,21-,22+,23-,24-,25+,26+/m0/s1. The molecule has 10 atom stereocenters. The molecule has 0 radical (unpaired) electrons. The van der Waals surface area contributed by atoms with Crippen LogP contribution in [0, 0.1) is 22.7 Å². The molecule has 2 saturated carbocycles. The van der Waals surface area contributed by atoms with Gasteiger partial charge in [-0.05, 0) is 68.1 Å². The quantitative estimate of drug-likeness (QED) is 0.283. The number of allylic oxidation sites excluding steroid dienone is 2. The van der Waals surface area contributed by atoms with E-state index in [4.69, 9.17) is 9.47 Å². The highest BCUT2D eigenvalue weighted by Gasteiger charge is 2.56. The maximum atomic E-state index is 10.6. The van der Waals surface area contributed by atoms with Crippen LogP contribution in [0.15, 0.2) is 23.8 Å². The van der Waals surface area contributed by atoms with Crippen LogP contribution in [0.2, 0.25) is 0 Å². The van der Waals surface area contributed by atoms with Gasteiger partial charge in [-0.3, -0.25) is 0 Å². The molecule has 6 N–H and O–H groups in total. The number of aliphatic hydroxyl groups excluding tert-OH is 6. The summed E-state index contributed by atoms with van der Waals surface area (Å²) in [7, 11) is 0. The molecule has 1 saturated heterocycles. The second-order valence-electron chi connectivity index (χ2n) is 11.3. The lowest BCUT2D eigenvalue weighted by atomic mass is 9.46. The van der Waals surface area contributed by atoms with Crippen LogP contribution in [0.5, 0.6) is 0 Å². The average Bonchev–Trinajstić information content (AvgIpc) is 2.77. The minimum Gasteiger partial charge on any atom is -0.396 e. The monoisotopic (exact) mass is 484 g/mol. The van der Waals surface area contributed by atoms with Crippen LogP contribution in [0.25, 0.3) is 0 Å². The number of ether oxygens (including phenoxy) is 2. The summed E-state index contributed by atoms with van der Waals surface area (Å²) in [6.07, 6.45) is 0.0850. The molecule has 196 valence electrons. The van der Waals surface area contributed by atoms with E-state index in [0.717, 1.165) is 37.7 Å². The zero-order valence-corrected chi connectivity index (χ0v) is 20.8. The SMILES string of the molecule is C=C1CC[C@H]2[C@@](C)(CO)C[C@H](O)C[C@]2(C)[C@H]1CC/C(C)=C/CO[C@H]1O[C@@H](CO)[C@H](O)[C@@H](O)[C@@H]1O. The molecular weight excluding hydrogens is 440 g/mol. The maximum absolute atomic E-state index is 10.6. The molecule has 3 aliphatic rings. The van der Waals surface area contributed by atoms with Gasteiger partial charge in [-0.1, -0.05) is 37.6 Å². The van der Waals surface area contributed by atoms with Crippen molar-refractivity contribution in [3.63, 3.8) is 0 Å². The molecule has 3 fully saturated rings. The van der Waals surface area contributed by atoms with Crippen LogP contribution in [0.4, 0.5) is 0 Å². The van der Waals surface area contributed by atoms with Gasteiger partial charge in [0.2, 0.25) is 0 Å². The summed E-state index contributed by atoms with van der Waals surface area (Å²) in [5.74, 6) is 0.587. The highest BCUT2D eigenvalue weighted by Crippen LogP contribution is 2.61. The fraction of sp³-hybridized carbons (Fsp3) is 0.846. The van der Waals surface area contributed by atoms with Gasteiger partial charge in [0.25, 0.3) is 0 Å². The molecule has 0 aromatic carbocycles. The molecule has 2 aliphatic carbocycles. The lowest BCUT2D eigenvalue weighted by Gasteiger charge is -2.59. The number of hydrogen-bond acceptors (Lipinski definition) is 8. The van der Waals surface area contributed by atoms with E-state index in [1.807, 2.05) is 13.0 Å². The van der Waals surface area contributed by atoms with E-state index in [1.165, 1.54) is 5.57 Å². The average molecular weight is 485 g/mol. The van der Waals surface area contributed by atoms with E-state index in [2.05, 4.69) is 20.4 Å². The van der Waals surface area contributed by atoms with Crippen molar-refractivity contribution < 1.29 is 40.1 Å². The van der Waals surface area contributed by atoms with E-state index in [-0.39, 0.29) is 30.0 Å². The molecule has 8 nitrogen and oxygen atoms in total. The predicted octanol–water partition coefficient (Wildman–Crippen LogP) is 1.27. The Morgan fingerprint density at radius 3 is 2.47 bits per heavy atom. The highest BCUT2D eigenvalue weighted by atomic mass is 16.7. The van der Waals surface area contributed by atoms with Crippen molar-refractivity contribution >= 4 is 0 Å². The van der Waals surface area contributed by atoms with Crippen molar-refractivity contribution in [2.75, 3.05) is 19.8 Å². The summed E-state index contributed by atoms with van der Waals surface area (Å²) in [4.78, 5) is 0. The number of hydrogen-bond donors (Lipinski definition) is 6. The van der Waals surface area contributed by atoms with E-state index < -0.39 is 43.4 Å². The van der Waals surface area contributed by atoms with Crippen molar-refractivity contribution in [2.45, 2.75) is 96.1 Å². The van der Waals surface area contributed by atoms with Gasteiger partial charge in [-0.15, -0.1) is 0 Å². The zero-order valence-electron chi connectivity index (χ0n) is 20.8. The first-order valence-electron chi connectivity index (χ1n) is 12.5. The molecule has 34 heavy (non-hydrogen) atoms. The van der Waals surface area contributed by atoms with Crippen LogP contribution >= 0.6 is 0 Å². The van der Waals surface area contributed by atoms with Gasteiger partial charge < -0.3 is 40.1 Å². The molecule has 1 aliphatic heterocycles. The summed E-state index contributed by atoms with van der Waals surface area (Å²) in [6, 6.07) is 0. The predicted molar refractivity (Wildman–Crippen MR) is 127 cm³/mol. The largest absolute Gasteiger partial charge is 0.396 e. The molecule has 0 bridgehead atoms. The molecule has 0 unspecified atom stereocenters. The van der Waals surface area contributed by atoms with Crippen molar-refractivity contribution in [1.82, 2.24) is 0 Å². The molecule has 3 rings (SSSR count). The van der Waals surface area contributed by atoms with Crippen LogP contribution in [-0.2, 0) is 9.47 Å². The second-order valence-corrected chi connectivity index (χ2v) is 11.3. The van der Waals surface area contributed by atoms with Gasteiger partial charge in [0.1, 0.15) is 24.4 Å². The molecule has 0 spiro atoms. The Hall–Kier alpha value is -0.840. The van der Waals surface area contributed by atoms with Gasteiger partial charge in [0, 0.05) is 6.61 Å². The summed E-state index contributed by atoms with van der Waals surface area (Å²) in [5, 5.41) is 60.0. The zero-order chi connectivity index (χ0) is 25.3. The van der Waals surface area contributed by atoms with Gasteiger partial charge in [0.05, 0.1) is 19.3 Å². The van der Waals surface area contributed by atoms with Crippen molar-refractivity contribution in [1.29, 1.82) is 0 Å². The van der Waals surface area contributed by atoms with Crippen molar-refractivity contribution in [2.24, 2.45) is 22.7 Å². The highest BCUT2D eigenvalue weighted by molar-refractivity contribution is 5.18. The van der Waals surface area contributed by atoms with Crippen LogP contribution in [0.1, 0.15) is 59.3 Å². The first-order valence-corrected chi connectivity index (χ1v) is 12.5. The molecular formula is C26H44O8. The van der Waals surface area contributed by atoms with Gasteiger partial charge in [0.15, 0.2) is 6.29 Å². The minimum absolute atomic E-state index is 0.0811. The summed E-state index contributed by atoms with van der Waals surface area (Å²) in [5.41, 5.74) is 1.93. The normalized spacial score (nSPS) is 45.8. The van der Waals surface area contributed by atoms with Crippen molar-refractivity contribution in [3.8, 4) is 0 Å². The maximum Gasteiger partial charge on any atom is 0.187 e. The molecule has 8 heteroatoms. The van der Waals surface area contributed by atoms with E-state index in [1.54, 1.807) is 0 Å². The Kier molecular flexibility index (Phi) is 9.02. The minimum atomic E-state index is -1.46. The third kappa shape index (κ3) is 5.44. The topological polar surface area (TPSA) is 140 Å². The van der Waals surface area contributed by atoms with E-state index in [0.29, 0.717) is 12.3 Å². The summed E-state index contributed by atoms with van der Waals surface area (Å²) >= 11 is 0. The summed E-state index contributed by atoms with van der Waals surface area (Å²) in [6.45, 7) is 10.5. The number of aliphatic hydroxyl groups is 6. The van der Waals surface area contributed by atoms with Crippen molar-refractivity contribution in [3.05, 3.63) is 23.8 Å². The second kappa shape index (κ2) is 11.0. The fourth-order valence-corrected chi connectivity index (χ4v) is 6.91. The van der Waals surface area contributed by atoms with E-state index in [9.17, 15) is 30.6 Å². The van der Waals surface area contributed by atoms with E-state index >= 15 is 0 Å². The van der Waals surface area contributed by atoms with Gasteiger partial charge in [-0.25, -0.2) is 0 Å². The van der Waals surface area contributed by atoms with Crippen LogP contribution in [0.3, 0.4) is 0 Å². The fourth-order valence-electron chi connectivity index (χ4n) is 6.91. The molecule has 1 heterocycles.